The maximum absolute atomic E-state index is 9.29. The van der Waals surface area contributed by atoms with Crippen LogP contribution < -0.4 is 0 Å². The molecule has 0 aromatic heterocycles. The number of rotatable bonds is 1. The van der Waals surface area contributed by atoms with Crippen molar-refractivity contribution in [3.05, 3.63) is 0 Å². The SMILES string of the molecule is CCC#N.O=C(O)C=NO. The molecule has 0 amide bonds. The Morgan fingerprint density at radius 3 is 2.30 bits per heavy atom. The van der Waals surface area contributed by atoms with Gasteiger partial charge in [-0.05, 0) is 0 Å². The molecule has 0 saturated carbocycles. The summed E-state index contributed by atoms with van der Waals surface area (Å²) in [6.07, 6.45) is 1.01. The van der Waals surface area contributed by atoms with Gasteiger partial charge in [0.25, 0.3) is 0 Å². The average Bonchev–Trinajstić information content (AvgIpc) is 1.89. The van der Waals surface area contributed by atoms with E-state index in [0.29, 0.717) is 12.6 Å². The number of carbonyl (C=O) groups is 1. The first-order valence-electron chi connectivity index (χ1n) is 2.46. The number of hydrogen-bond acceptors (Lipinski definition) is 4. The molecule has 0 aliphatic carbocycles. The van der Waals surface area contributed by atoms with E-state index in [1.807, 2.05) is 13.0 Å². The number of oxime groups is 1. The van der Waals surface area contributed by atoms with Crippen molar-refractivity contribution in [2.45, 2.75) is 13.3 Å². The fourth-order valence-corrected chi connectivity index (χ4v) is 0.0494. The molecule has 0 heterocycles. The van der Waals surface area contributed by atoms with Gasteiger partial charge in [0.15, 0.2) is 6.21 Å². The highest BCUT2D eigenvalue weighted by molar-refractivity contribution is 6.21. The minimum atomic E-state index is -1.25. The summed E-state index contributed by atoms with van der Waals surface area (Å²) in [5.74, 6) is -1.25. The molecule has 0 radical (unpaired) electrons. The molecule has 5 heteroatoms. The lowest BCUT2D eigenvalue weighted by atomic mass is 10.6. The van der Waals surface area contributed by atoms with Crippen molar-refractivity contribution in [2.24, 2.45) is 5.16 Å². The molecule has 0 aliphatic heterocycles. The third kappa shape index (κ3) is 32.1. The molecule has 0 bridgehead atoms. The highest BCUT2D eigenvalue weighted by Crippen LogP contribution is 1.58. The monoisotopic (exact) mass is 144 g/mol. The zero-order chi connectivity index (χ0) is 8.41. The Balaban J connectivity index is 0. The van der Waals surface area contributed by atoms with Gasteiger partial charge in [0, 0.05) is 6.42 Å². The van der Waals surface area contributed by atoms with Crippen LogP contribution in [-0.4, -0.2) is 22.5 Å². The predicted octanol–water partition coefficient (Wildman–Crippen LogP) is 0.451. The Hall–Kier alpha value is -1.57. The standard InChI is InChI=1S/C3H5N.C2H3NO3/c1-2-3-4;4-2(5)1-3-6/h2H2,1H3;1,6H,(H,4,5). The summed E-state index contributed by atoms with van der Waals surface area (Å²) in [5.41, 5.74) is 0. The molecule has 0 fully saturated rings. The fourth-order valence-electron chi connectivity index (χ4n) is 0.0494. The summed E-state index contributed by atoms with van der Waals surface area (Å²) in [7, 11) is 0. The summed E-state index contributed by atoms with van der Waals surface area (Å²) >= 11 is 0. The van der Waals surface area contributed by atoms with Gasteiger partial charge >= 0.3 is 5.97 Å². The number of hydrogen-bond donors (Lipinski definition) is 2. The Morgan fingerprint density at radius 1 is 1.90 bits per heavy atom. The van der Waals surface area contributed by atoms with E-state index in [9.17, 15) is 4.79 Å². The van der Waals surface area contributed by atoms with Gasteiger partial charge in [-0.2, -0.15) is 5.26 Å². The number of nitrogens with zero attached hydrogens (tertiary/aromatic N) is 2. The average molecular weight is 144 g/mol. The highest BCUT2D eigenvalue weighted by Gasteiger charge is 1.80. The van der Waals surface area contributed by atoms with Gasteiger partial charge in [-0.3, -0.25) is 0 Å². The molecule has 0 rings (SSSR count). The van der Waals surface area contributed by atoms with Crippen LogP contribution in [0.15, 0.2) is 5.16 Å². The Labute approximate surface area is 58.2 Å². The van der Waals surface area contributed by atoms with E-state index in [1.165, 1.54) is 0 Å². The molecule has 56 valence electrons. The molecule has 5 nitrogen and oxygen atoms in total. The van der Waals surface area contributed by atoms with Gasteiger partial charge in [0.2, 0.25) is 0 Å². The van der Waals surface area contributed by atoms with E-state index in [1.54, 1.807) is 0 Å². The van der Waals surface area contributed by atoms with Crippen molar-refractivity contribution in [1.82, 2.24) is 0 Å². The van der Waals surface area contributed by atoms with E-state index < -0.39 is 5.97 Å². The summed E-state index contributed by atoms with van der Waals surface area (Å²) in [6.45, 7) is 1.82. The van der Waals surface area contributed by atoms with Crippen LogP contribution in [0.3, 0.4) is 0 Å². The molecule has 0 unspecified atom stereocenters. The Bertz CT molecular complexity index is 147. The van der Waals surface area contributed by atoms with Crippen LogP contribution in [-0.2, 0) is 4.79 Å². The molecular formula is C5H8N2O3. The summed E-state index contributed by atoms with van der Waals surface area (Å²) < 4.78 is 0. The van der Waals surface area contributed by atoms with Crippen molar-refractivity contribution in [2.75, 3.05) is 0 Å². The van der Waals surface area contributed by atoms with Crippen molar-refractivity contribution >= 4 is 12.2 Å². The molecule has 0 saturated heterocycles. The Morgan fingerprint density at radius 2 is 2.30 bits per heavy atom. The minimum absolute atomic E-state index is 0.389. The molecule has 2 N–H and O–H groups in total. The summed E-state index contributed by atoms with van der Waals surface area (Å²) in [4.78, 5) is 9.29. The number of carboxylic acid groups (broad SMARTS) is 1. The zero-order valence-corrected chi connectivity index (χ0v) is 5.48. The lowest BCUT2D eigenvalue weighted by molar-refractivity contribution is -0.128. The molecular weight excluding hydrogens is 136 g/mol. The molecule has 0 aromatic carbocycles. The van der Waals surface area contributed by atoms with Crippen LogP contribution in [0.25, 0.3) is 0 Å². The quantitative estimate of drug-likeness (QED) is 0.317. The van der Waals surface area contributed by atoms with E-state index in [0.717, 1.165) is 0 Å². The van der Waals surface area contributed by atoms with Gasteiger partial charge in [0.05, 0.1) is 6.07 Å². The van der Waals surface area contributed by atoms with E-state index >= 15 is 0 Å². The zero-order valence-electron chi connectivity index (χ0n) is 5.48. The second-order valence-electron chi connectivity index (χ2n) is 1.09. The third-order valence-electron chi connectivity index (χ3n) is 0.326. The van der Waals surface area contributed by atoms with Gasteiger partial charge < -0.3 is 10.3 Å². The fraction of sp³-hybridized carbons (Fsp3) is 0.400. The second kappa shape index (κ2) is 10.4. The second-order valence-corrected chi connectivity index (χ2v) is 1.09. The minimum Gasteiger partial charge on any atom is -0.477 e. The van der Waals surface area contributed by atoms with Crippen LogP contribution >= 0.6 is 0 Å². The van der Waals surface area contributed by atoms with Gasteiger partial charge in [-0.25, -0.2) is 4.79 Å². The maximum atomic E-state index is 9.29. The molecule has 0 atom stereocenters. The van der Waals surface area contributed by atoms with Crippen LogP contribution in [0.1, 0.15) is 13.3 Å². The molecule has 0 spiro atoms. The third-order valence-corrected chi connectivity index (χ3v) is 0.326. The van der Waals surface area contributed by atoms with E-state index in [4.69, 9.17) is 15.6 Å². The first-order chi connectivity index (χ1) is 4.68. The van der Waals surface area contributed by atoms with Crippen molar-refractivity contribution in [1.29, 1.82) is 5.26 Å². The van der Waals surface area contributed by atoms with Crippen LogP contribution in [0.2, 0.25) is 0 Å². The highest BCUT2D eigenvalue weighted by atomic mass is 16.4. The van der Waals surface area contributed by atoms with Gasteiger partial charge in [0.1, 0.15) is 0 Å². The molecule has 10 heavy (non-hydrogen) atoms. The smallest absolute Gasteiger partial charge is 0.350 e. The van der Waals surface area contributed by atoms with Gasteiger partial charge in [-0.15, -0.1) is 0 Å². The summed E-state index contributed by atoms with van der Waals surface area (Å²) in [6, 6.07) is 1.93. The lowest BCUT2D eigenvalue weighted by Gasteiger charge is -1.67. The maximum Gasteiger partial charge on any atom is 0.350 e. The van der Waals surface area contributed by atoms with Gasteiger partial charge in [-0.1, -0.05) is 12.1 Å². The van der Waals surface area contributed by atoms with Crippen molar-refractivity contribution in [3.63, 3.8) is 0 Å². The van der Waals surface area contributed by atoms with Crippen molar-refractivity contribution < 1.29 is 15.1 Å². The van der Waals surface area contributed by atoms with E-state index in [-0.39, 0.29) is 0 Å². The van der Waals surface area contributed by atoms with Crippen LogP contribution in [0, 0.1) is 11.3 Å². The topological polar surface area (TPSA) is 93.7 Å². The van der Waals surface area contributed by atoms with Crippen molar-refractivity contribution in [3.8, 4) is 6.07 Å². The Kier molecular flexibility index (Phi) is 11.7. The lowest BCUT2D eigenvalue weighted by Crippen LogP contribution is -1.93. The molecule has 0 aliphatic rings. The first kappa shape index (κ1) is 11.3. The number of aliphatic carboxylic acids is 1. The number of carboxylic acids is 1. The first-order valence-corrected chi connectivity index (χ1v) is 2.46. The van der Waals surface area contributed by atoms with E-state index in [2.05, 4.69) is 5.16 Å². The number of nitriles is 1. The molecule has 0 aromatic rings. The summed E-state index contributed by atoms with van der Waals surface area (Å²) in [5, 5.41) is 24.9. The van der Waals surface area contributed by atoms with Crippen LogP contribution in [0.4, 0.5) is 0 Å². The normalized spacial score (nSPS) is 7.60. The van der Waals surface area contributed by atoms with Crippen LogP contribution in [0.5, 0.6) is 0 Å². The predicted molar refractivity (Wildman–Crippen MR) is 33.8 cm³/mol. The largest absolute Gasteiger partial charge is 0.477 e.